The standard InChI is InChI=1S/C14H18O5S/c15-14(16)13(8-11-4-2-1-3-5-11)20(17,18)10-12-6-7-19-9-12/h1-5,12-13H,6-10H2,(H,15,16). The molecule has 1 aliphatic heterocycles. The Morgan fingerprint density at radius 1 is 1.35 bits per heavy atom. The highest BCUT2D eigenvalue weighted by atomic mass is 32.2. The molecule has 0 aliphatic carbocycles. The third-order valence-corrected chi connectivity index (χ3v) is 5.64. The maximum Gasteiger partial charge on any atom is 0.322 e. The Bertz CT molecular complexity index is 546. The molecule has 0 aromatic heterocycles. The van der Waals surface area contributed by atoms with Crippen LogP contribution in [-0.4, -0.2) is 43.7 Å². The van der Waals surface area contributed by atoms with E-state index < -0.39 is 21.1 Å². The van der Waals surface area contributed by atoms with Gasteiger partial charge in [0.1, 0.15) is 0 Å². The van der Waals surface area contributed by atoms with Crippen molar-refractivity contribution in [2.45, 2.75) is 18.1 Å². The number of aliphatic carboxylic acids is 1. The van der Waals surface area contributed by atoms with E-state index in [1.54, 1.807) is 24.3 Å². The van der Waals surface area contributed by atoms with Gasteiger partial charge in [0.05, 0.1) is 12.4 Å². The highest BCUT2D eigenvalue weighted by molar-refractivity contribution is 7.92. The molecule has 0 radical (unpaired) electrons. The first-order chi connectivity index (χ1) is 9.49. The molecule has 1 aromatic rings. The normalized spacial score (nSPS) is 20.7. The smallest absolute Gasteiger partial charge is 0.322 e. The lowest BCUT2D eigenvalue weighted by Crippen LogP contribution is -2.36. The molecule has 0 bridgehead atoms. The number of ether oxygens (including phenoxy) is 1. The van der Waals surface area contributed by atoms with E-state index in [1.807, 2.05) is 6.07 Å². The van der Waals surface area contributed by atoms with Gasteiger partial charge in [-0.1, -0.05) is 30.3 Å². The number of hydrogen-bond acceptors (Lipinski definition) is 4. The molecular formula is C14H18O5S. The first-order valence-electron chi connectivity index (χ1n) is 6.55. The number of benzene rings is 1. The topological polar surface area (TPSA) is 80.7 Å². The molecule has 0 amide bonds. The third-order valence-electron chi connectivity index (χ3n) is 3.46. The molecule has 2 unspecified atom stereocenters. The van der Waals surface area contributed by atoms with Crippen LogP contribution in [0.4, 0.5) is 0 Å². The summed E-state index contributed by atoms with van der Waals surface area (Å²) in [6.45, 7) is 0.952. The van der Waals surface area contributed by atoms with Gasteiger partial charge in [0, 0.05) is 6.61 Å². The lowest BCUT2D eigenvalue weighted by Gasteiger charge is -2.16. The SMILES string of the molecule is O=C(O)C(Cc1ccccc1)S(=O)(=O)CC1CCOC1. The fourth-order valence-electron chi connectivity index (χ4n) is 2.36. The van der Waals surface area contributed by atoms with E-state index >= 15 is 0 Å². The molecule has 110 valence electrons. The van der Waals surface area contributed by atoms with Crippen LogP contribution < -0.4 is 0 Å². The van der Waals surface area contributed by atoms with Crippen molar-refractivity contribution in [1.82, 2.24) is 0 Å². The van der Waals surface area contributed by atoms with Crippen molar-refractivity contribution >= 4 is 15.8 Å². The highest BCUT2D eigenvalue weighted by Gasteiger charge is 2.35. The maximum absolute atomic E-state index is 12.3. The molecule has 20 heavy (non-hydrogen) atoms. The Balaban J connectivity index is 2.12. The van der Waals surface area contributed by atoms with Crippen LogP contribution in [0.1, 0.15) is 12.0 Å². The Morgan fingerprint density at radius 3 is 2.60 bits per heavy atom. The van der Waals surface area contributed by atoms with Crippen molar-refractivity contribution in [1.29, 1.82) is 0 Å². The predicted molar refractivity (Wildman–Crippen MR) is 74.3 cm³/mol. The maximum atomic E-state index is 12.3. The molecule has 1 aromatic carbocycles. The van der Waals surface area contributed by atoms with Crippen molar-refractivity contribution in [3.63, 3.8) is 0 Å². The van der Waals surface area contributed by atoms with E-state index in [1.165, 1.54) is 0 Å². The number of hydrogen-bond donors (Lipinski definition) is 1. The molecule has 1 fully saturated rings. The second-order valence-corrected chi connectivity index (χ2v) is 7.30. The first kappa shape index (κ1) is 15.0. The number of sulfone groups is 1. The van der Waals surface area contributed by atoms with Crippen molar-refractivity contribution in [2.75, 3.05) is 19.0 Å². The van der Waals surface area contributed by atoms with Gasteiger partial charge in [0.15, 0.2) is 15.1 Å². The molecule has 0 spiro atoms. The van der Waals surface area contributed by atoms with Gasteiger partial charge in [-0.3, -0.25) is 4.79 Å². The van der Waals surface area contributed by atoms with Crippen molar-refractivity contribution in [3.05, 3.63) is 35.9 Å². The van der Waals surface area contributed by atoms with Crippen molar-refractivity contribution < 1.29 is 23.1 Å². The zero-order valence-corrected chi connectivity index (χ0v) is 11.9. The summed E-state index contributed by atoms with van der Waals surface area (Å²) in [5.41, 5.74) is 0.714. The zero-order chi connectivity index (χ0) is 14.6. The Morgan fingerprint density at radius 2 is 2.05 bits per heavy atom. The van der Waals surface area contributed by atoms with Crippen LogP contribution in [0.15, 0.2) is 30.3 Å². The summed E-state index contributed by atoms with van der Waals surface area (Å²) in [5, 5.41) is 7.85. The average Bonchev–Trinajstić information content (AvgIpc) is 2.88. The summed E-state index contributed by atoms with van der Waals surface area (Å²) >= 11 is 0. The van der Waals surface area contributed by atoms with Crippen LogP contribution in [0.2, 0.25) is 0 Å². The fourth-order valence-corrected chi connectivity index (χ4v) is 4.26. The van der Waals surface area contributed by atoms with Crippen molar-refractivity contribution in [3.8, 4) is 0 Å². The van der Waals surface area contributed by atoms with E-state index in [0.29, 0.717) is 25.2 Å². The van der Waals surface area contributed by atoms with Crippen LogP contribution in [0.5, 0.6) is 0 Å². The second-order valence-electron chi connectivity index (χ2n) is 5.08. The van der Waals surface area contributed by atoms with Gasteiger partial charge in [-0.15, -0.1) is 0 Å². The van der Waals surface area contributed by atoms with E-state index in [0.717, 1.165) is 0 Å². The summed E-state index contributed by atoms with van der Waals surface area (Å²) < 4.78 is 29.7. The van der Waals surface area contributed by atoms with Gasteiger partial charge in [-0.05, 0) is 24.3 Å². The molecule has 5 nitrogen and oxygen atoms in total. The zero-order valence-electron chi connectivity index (χ0n) is 11.1. The number of carbonyl (C=O) groups is 1. The van der Waals surface area contributed by atoms with Gasteiger partial charge in [0.2, 0.25) is 0 Å². The van der Waals surface area contributed by atoms with Gasteiger partial charge in [0.25, 0.3) is 0 Å². The Kier molecular flexibility index (Phi) is 4.77. The van der Waals surface area contributed by atoms with E-state index in [4.69, 9.17) is 4.74 Å². The van der Waals surface area contributed by atoms with Crippen molar-refractivity contribution in [2.24, 2.45) is 5.92 Å². The fraction of sp³-hybridized carbons (Fsp3) is 0.500. The summed E-state index contributed by atoms with van der Waals surface area (Å²) in [6.07, 6.45) is 0.684. The molecule has 1 saturated heterocycles. The average molecular weight is 298 g/mol. The Hall–Kier alpha value is -1.40. The molecular weight excluding hydrogens is 280 g/mol. The van der Waals surface area contributed by atoms with Gasteiger partial charge >= 0.3 is 5.97 Å². The van der Waals surface area contributed by atoms with Crippen LogP contribution in [0.3, 0.4) is 0 Å². The molecule has 0 saturated carbocycles. The monoisotopic (exact) mass is 298 g/mol. The van der Waals surface area contributed by atoms with Crippen LogP contribution in [-0.2, 0) is 25.8 Å². The number of carboxylic acid groups (broad SMARTS) is 1. The highest BCUT2D eigenvalue weighted by Crippen LogP contribution is 2.19. The Labute approximate surface area is 118 Å². The summed E-state index contributed by atoms with van der Waals surface area (Å²) in [4.78, 5) is 11.3. The molecule has 2 rings (SSSR count). The van der Waals surface area contributed by atoms with Crippen LogP contribution in [0, 0.1) is 5.92 Å². The van der Waals surface area contributed by atoms with E-state index in [-0.39, 0.29) is 18.1 Å². The number of carboxylic acids is 1. The minimum absolute atomic E-state index is 0.00604. The van der Waals surface area contributed by atoms with E-state index in [9.17, 15) is 18.3 Å². The molecule has 1 aliphatic rings. The van der Waals surface area contributed by atoms with Gasteiger partial charge in [-0.2, -0.15) is 0 Å². The second kappa shape index (κ2) is 6.37. The first-order valence-corrected chi connectivity index (χ1v) is 8.26. The third kappa shape index (κ3) is 3.80. The molecule has 6 heteroatoms. The lowest BCUT2D eigenvalue weighted by atomic mass is 10.1. The van der Waals surface area contributed by atoms with Gasteiger partial charge in [-0.25, -0.2) is 8.42 Å². The summed E-state index contributed by atoms with van der Waals surface area (Å²) in [7, 11) is -3.68. The van der Waals surface area contributed by atoms with E-state index in [2.05, 4.69) is 0 Å². The van der Waals surface area contributed by atoms with Gasteiger partial charge < -0.3 is 9.84 Å². The number of rotatable bonds is 6. The van der Waals surface area contributed by atoms with Crippen LogP contribution >= 0.6 is 0 Å². The minimum Gasteiger partial charge on any atom is -0.480 e. The summed E-state index contributed by atoms with van der Waals surface area (Å²) in [5.74, 6) is -1.48. The molecule has 2 atom stereocenters. The largest absolute Gasteiger partial charge is 0.480 e. The summed E-state index contributed by atoms with van der Waals surface area (Å²) in [6, 6.07) is 8.83. The molecule has 1 heterocycles. The molecule has 1 N–H and O–H groups in total. The minimum atomic E-state index is -3.68. The predicted octanol–water partition coefficient (Wildman–Crippen LogP) is 1.13. The van der Waals surface area contributed by atoms with Crippen LogP contribution in [0.25, 0.3) is 0 Å². The lowest BCUT2D eigenvalue weighted by molar-refractivity contribution is -0.136. The quantitative estimate of drug-likeness (QED) is 0.851.